The molecule has 2 heteroatoms. The zero-order valence-electron chi connectivity index (χ0n) is 11.0. The lowest BCUT2D eigenvalue weighted by molar-refractivity contribution is -0.142. The predicted molar refractivity (Wildman–Crippen MR) is 68.3 cm³/mol. The molecule has 0 aromatic heterocycles. The van der Waals surface area contributed by atoms with E-state index in [1.165, 1.54) is 31.8 Å². The maximum Gasteiger partial charge on any atom is 0.330 e. The lowest BCUT2D eigenvalue weighted by Crippen LogP contribution is -2.14. The number of hydrogen-bond acceptors (Lipinski definition) is 2. The first-order chi connectivity index (χ1) is 7.63. The van der Waals surface area contributed by atoms with E-state index in [0.29, 0.717) is 0 Å². The third-order valence-electron chi connectivity index (χ3n) is 3.01. The van der Waals surface area contributed by atoms with Crippen LogP contribution < -0.4 is 0 Å². The molecule has 0 aliphatic carbocycles. The number of carbonyl (C=O) groups excluding carboxylic acids is 1. The van der Waals surface area contributed by atoms with E-state index in [1.54, 1.807) is 0 Å². The smallest absolute Gasteiger partial charge is 0.330 e. The molecule has 0 heterocycles. The van der Waals surface area contributed by atoms with Gasteiger partial charge in [-0.3, -0.25) is 0 Å². The fraction of sp³-hybridized carbons (Fsp3) is 0.786. The molecule has 94 valence electrons. The maximum absolute atomic E-state index is 11.0. The van der Waals surface area contributed by atoms with E-state index in [-0.39, 0.29) is 12.1 Å². The Morgan fingerprint density at radius 1 is 1.31 bits per heavy atom. The molecule has 0 radical (unpaired) electrons. The normalized spacial score (nSPS) is 14.2. The molecule has 0 aromatic carbocycles. The molecule has 0 aliphatic heterocycles. The lowest BCUT2D eigenvalue weighted by atomic mass is 9.93. The first-order valence-corrected chi connectivity index (χ1v) is 6.47. The maximum atomic E-state index is 11.0. The van der Waals surface area contributed by atoms with Gasteiger partial charge in [0.05, 0.1) is 6.10 Å². The third kappa shape index (κ3) is 7.49. The molecule has 0 aliphatic rings. The van der Waals surface area contributed by atoms with E-state index in [1.807, 2.05) is 6.92 Å². The summed E-state index contributed by atoms with van der Waals surface area (Å²) < 4.78 is 5.14. The molecule has 0 rings (SSSR count). The van der Waals surface area contributed by atoms with Crippen LogP contribution in [0.3, 0.4) is 0 Å². The highest BCUT2D eigenvalue weighted by molar-refractivity contribution is 5.81. The van der Waals surface area contributed by atoms with E-state index < -0.39 is 0 Å². The zero-order chi connectivity index (χ0) is 12.4. The average molecular weight is 226 g/mol. The third-order valence-corrected chi connectivity index (χ3v) is 3.01. The summed E-state index contributed by atoms with van der Waals surface area (Å²) in [5, 5.41) is 0. The van der Waals surface area contributed by atoms with Crippen LogP contribution in [0.15, 0.2) is 12.7 Å². The fourth-order valence-electron chi connectivity index (χ4n) is 1.82. The number of rotatable bonds is 9. The Kier molecular flexibility index (Phi) is 8.97. The Morgan fingerprint density at radius 2 is 2.00 bits per heavy atom. The SMILES string of the molecule is C=CC(=O)O[C@@H](C)CC[C@@H](CC)CCCC. The summed E-state index contributed by atoms with van der Waals surface area (Å²) in [6, 6.07) is 0. The summed E-state index contributed by atoms with van der Waals surface area (Å²) in [6.07, 6.45) is 8.45. The first kappa shape index (κ1) is 15.2. The van der Waals surface area contributed by atoms with E-state index >= 15 is 0 Å². The van der Waals surface area contributed by atoms with Crippen molar-refractivity contribution in [3.05, 3.63) is 12.7 Å². The summed E-state index contributed by atoms with van der Waals surface area (Å²) in [4.78, 5) is 11.0. The van der Waals surface area contributed by atoms with Crippen molar-refractivity contribution in [3.8, 4) is 0 Å². The Hall–Kier alpha value is -0.790. The molecule has 0 bridgehead atoms. The van der Waals surface area contributed by atoms with E-state index in [4.69, 9.17) is 4.74 Å². The second-order valence-electron chi connectivity index (χ2n) is 4.45. The average Bonchev–Trinajstić information content (AvgIpc) is 2.29. The molecule has 2 nitrogen and oxygen atoms in total. The molecule has 0 aromatic rings. The number of carbonyl (C=O) groups is 1. The second-order valence-corrected chi connectivity index (χ2v) is 4.45. The minimum Gasteiger partial charge on any atom is -0.460 e. The van der Waals surface area contributed by atoms with Crippen molar-refractivity contribution in [2.45, 2.75) is 65.4 Å². The van der Waals surface area contributed by atoms with Crippen LogP contribution in [0.1, 0.15) is 59.3 Å². The number of ether oxygens (including phenoxy) is 1. The van der Waals surface area contributed by atoms with Crippen LogP contribution in [0.4, 0.5) is 0 Å². The van der Waals surface area contributed by atoms with Crippen LogP contribution in [0, 0.1) is 5.92 Å². The molecule has 0 saturated heterocycles. The van der Waals surface area contributed by atoms with Crippen LogP contribution in [-0.4, -0.2) is 12.1 Å². The van der Waals surface area contributed by atoms with Gasteiger partial charge in [0.1, 0.15) is 0 Å². The molecule has 0 amide bonds. The lowest BCUT2D eigenvalue weighted by Gasteiger charge is -2.17. The standard InChI is InChI=1S/C14H26O2/c1-5-8-9-13(6-2)11-10-12(4)16-14(15)7-3/h7,12-13H,3,5-6,8-11H2,1-2,4H3/t12-,13-/m0/s1. The summed E-state index contributed by atoms with van der Waals surface area (Å²) in [5.41, 5.74) is 0. The minimum absolute atomic E-state index is 0.0150. The Bertz CT molecular complexity index is 199. The zero-order valence-corrected chi connectivity index (χ0v) is 11.0. The van der Waals surface area contributed by atoms with Gasteiger partial charge in [-0.05, 0) is 25.7 Å². The predicted octanol–water partition coefficient (Wildman–Crippen LogP) is 4.10. The van der Waals surface area contributed by atoms with E-state index in [9.17, 15) is 4.79 Å². The summed E-state index contributed by atoms with van der Waals surface area (Å²) in [5.74, 6) is 0.471. The topological polar surface area (TPSA) is 26.3 Å². The quantitative estimate of drug-likeness (QED) is 0.437. The van der Waals surface area contributed by atoms with Gasteiger partial charge in [-0.2, -0.15) is 0 Å². The van der Waals surface area contributed by atoms with Crippen LogP contribution in [-0.2, 0) is 9.53 Å². The van der Waals surface area contributed by atoms with Gasteiger partial charge in [-0.25, -0.2) is 4.79 Å². The van der Waals surface area contributed by atoms with Crippen molar-refractivity contribution >= 4 is 5.97 Å². The van der Waals surface area contributed by atoms with Crippen LogP contribution in [0.5, 0.6) is 0 Å². The molecule has 0 spiro atoms. The Morgan fingerprint density at radius 3 is 2.50 bits per heavy atom. The number of unbranched alkanes of at least 4 members (excludes halogenated alkanes) is 1. The molecule has 16 heavy (non-hydrogen) atoms. The number of esters is 1. The van der Waals surface area contributed by atoms with Crippen molar-refractivity contribution in [2.75, 3.05) is 0 Å². The second kappa shape index (κ2) is 9.44. The molecular formula is C14H26O2. The van der Waals surface area contributed by atoms with Crippen molar-refractivity contribution in [3.63, 3.8) is 0 Å². The molecule has 2 atom stereocenters. The minimum atomic E-state index is -0.311. The van der Waals surface area contributed by atoms with Crippen molar-refractivity contribution in [2.24, 2.45) is 5.92 Å². The highest BCUT2D eigenvalue weighted by Gasteiger charge is 2.11. The first-order valence-electron chi connectivity index (χ1n) is 6.47. The van der Waals surface area contributed by atoms with E-state index in [2.05, 4.69) is 20.4 Å². The van der Waals surface area contributed by atoms with Crippen molar-refractivity contribution in [1.82, 2.24) is 0 Å². The fourth-order valence-corrected chi connectivity index (χ4v) is 1.82. The summed E-state index contributed by atoms with van der Waals surface area (Å²) in [6.45, 7) is 9.80. The highest BCUT2D eigenvalue weighted by Crippen LogP contribution is 2.20. The molecule has 0 unspecified atom stereocenters. The largest absolute Gasteiger partial charge is 0.460 e. The van der Waals surface area contributed by atoms with Gasteiger partial charge in [-0.1, -0.05) is 46.1 Å². The summed E-state index contributed by atoms with van der Waals surface area (Å²) >= 11 is 0. The molecule has 0 saturated carbocycles. The van der Waals surface area contributed by atoms with E-state index in [0.717, 1.165) is 18.8 Å². The summed E-state index contributed by atoms with van der Waals surface area (Å²) in [7, 11) is 0. The van der Waals surface area contributed by atoms with Gasteiger partial charge in [0, 0.05) is 6.08 Å². The molecule has 0 fully saturated rings. The van der Waals surface area contributed by atoms with Gasteiger partial charge in [0.2, 0.25) is 0 Å². The van der Waals surface area contributed by atoms with Crippen LogP contribution in [0.25, 0.3) is 0 Å². The van der Waals surface area contributed by atoms with Gasteiger partial charge in [0.25, 0.3) is 0 Å². The monoisotopic (exact) mass is 226 g/mol. The van der Waals surface area contributed by atoms with Crippen LogP contribution >= 0.6 is 0 Å². The van der Waals surface area contributed by atoms with Gasteiger partial charge < -0.3 is 4.74 Å². The van der Waals surface area contributed by atoms with Gasteiger partial charge in [-0.15, -0.1) is 0 Å². The molecular weight excluding hydrogens is 200 g/mol. The number of hydrogen-bond donors (Lipinski definition) is 0. The van der Waals surface area contributed by atoms with Gasteiger partial charge >= 0.3 is 5.97 Å². The van der Waals surface area contributed by atoms with Crippen molar-refractivity contribution < 1.29 is 9.53 Å². The van der Waals surface area contributed by atoms with Gasteiger partial charge in [0.15, 0.2) is 0 Å². The molecule has 0 N–H and O–H groups in total. The van der Waals surface area contributed by atoms with Crippen LogP contribution in [0.2, 0.25) is 0 Å². The Labute approximate surface area is 100 Å². The van der Waals surface area contributed by atoms with Crippen molar-refractivity contribution in [1.29, 1.82) is 0 Å². The Balaban J connectivity index is 3.73. The highest BCUT2D eigenvalue weighted by atomic mass is 16.5.